The fraction of sp³-hybridized carbons (Fsp3) is 0.444. The van der Waals surface area contributed by atoms with E-state index in [1.54, 1.807) is 6.20 Å². The highest BCUT2D eigenvalue weighted by molar-refractivity contribution is 5.70. The minimum absolute atomic E-state index is 0.262. The highest BCUT2D eigenvalue weighted by Crippen LogP contribution is 2.23. The van der Waals surface area contributed by atoms with Crippen molar-refractivity contribution in [2.45, 2.75) is 19.3 Å². The van der Waals surface area contributed by atoms with Crippen LogP contribution in [-0.2, 0) is 17.6 Å². The summed E-state index contributed by atoms with van der Waals surface area (Å²) >= 11 is 0. The molecule has 1 aliphatic carbocycles. The number of carbonyl (C=O) groups is 1. The van der Waals surface area contributed by atoms with Crippen LogP contribution in [-0.4, -0.2) is 21.0 Å². The summed E-state index contributed by atoms with van der Waals surface area (Å²) in [6.45, 7) is 0. The average molecular weight is 193 g/mol. The van der Waals surface area contributed by atoms with Gasteiger partial charge in [-0.3, -0.25) is 4.79 Å². The largest absolute Gasteiger partial charge is 0.481 e. The van der Waals surface area contributed by atoms with Crippen LogP contribution in [0.1, 0.15) is 17.7 Å². The van der Waals surface area contributed by atoms with Crippen LogP contribution in [0.2, 0.25) is 0 Å². The number of nitrogens with zero attached hydrogens (tertiary/aromatic N) is 2. The molecule has 0 radical (unpaired) electrons. The van der Waals surface area contributed by atoms with Gasteiger partial charge in [-0.15, -0.1) is 0 Å². The first-order valence-electron chi connectivity index (χ1n) is 4.50. The predicted molar refractivity (Wildman–Crippen MR) is 49.6 cm³/mol. The molecule has 0 bridgehead atoms. The molecule has 1 aliphatic rings. The van der Waals surface area contributed by atoms with Crippen molar-refractivity contribution in [3.8, 4) is 0 Å². The minimum Gasteiger partial charge on any atom is -0.481 e. The number of hydrogen-bond donors (Lipinski definition) is 2. The average Bonchev–Trinajstić information content (AvgIpc) is 2.16. The van der Waals surface area contributed by atoms with E-state index in [9.17, 15) is 4.79 Å². The Hall–Kier alpha value is -1.65. The van der Waals surface area contributed by atoms with E-state index < -0.39 is 5.97 Å². The van der Waals surface area contributed by atoms with E-state index in [1.165, 1.54) is 0 Å². The second kappa shape index (κ2) is 3.25. The molecule has 14 heavy (non-hydrogen) atoms. The number of rotatable bonds is 1. The van der Waals surface area contributed by atoms with Gasteiger partial charge < -0.3 is 10.8 Å². The minimum atomic E-state index is -0.743. The van der Waals surface area contributed by atoms with Gasteiger partial charge in [-0.05, 0) is 24.8 Å². The second-order valence-corrected chi connectivity index (χ2v) is 3.48. The summed E-state index contributed by atoms with van der Waals surface area (Å²) in [5.41, 5.74) is 7.25. The highest BCUT2D eigenvalue weighted by Gasteiger charge is 2.25. The zero-order chi connectivity index (χ0) is 10.1. The molecular formula is C9H11N3O2. The maximum absolute atomic E-state index is 10.8. The van der Waals surface area contributed by atoms with E-state index >= 15 is 0 Å². The molecule has 0 spiro atoms. The molecule has 5 heteroatoms. The van der Waals surface area contributed by atoms with Crippen molar-refractivity contribution in [2.24, 2.45) is 5.92 Å². The van der Waals surface area contributed by atoms with E-state index in [-0.39, 0.29) is 11.9 Å². The first-order valence-corrected chi connectivity index (χ1v) is 4.50. The van der Waals surface area contributed by atoms with E-state index in [2.05, 4.69) is 9.97 Å². The smallest absolute Gasteiger partial charge is 0.306 e. The standard InChI is InChI=1S/C9H11N3O2/c10-9-11-4-6-3-5(8(13)14)1-2-7(6)12-9/h4-5H,1-3H2,(H,13,14)(H2,10,11,12). The highest BCUT2D eigenvalue weighted by atomic mass is 16.4. The molecule has 0 amide bonds. The fourth-order valence-electron chi connectivity index (χ4n) is 1.73. The molecule has 0 fully saturated rings. The Morgan fingerprint density at radius 1 is 1.64 bits per heavy atom. The molecule has 5 nitrogen and oxygen atoms in total. The Balaban J connectivity index is 2.27. The number of carboxylic acid groups (broad SMARTS) is 1. The third-order valence-electron chi connectivity index (χ3n) is 2.52. The van der Waals surface area contributed by atoms with Gasteiger partial charge in [0.05, 0.1) is 5.92 Å². The molecule has 1 unspecified atom stereocenters. The van der Waals surface area contributed by atoms with Crippen molar-refractivity contribution in [3.05, 3.63) is 17.5 Å². The van der Waals surface area contributed by atoms with Crippen molar-refractivity contribution in [3.63, 3.8) is 0 Å². The predicted octanol–water partition coefficient (Wildman–Crippen LogP) is 0.248. The first-order chi connectivity index (χ1) is 6.66. The van der Waals surface area contributed by atoms with Gasteiger partial charge in [-0.1, -0.05) is 0 Å². The van der Waals surface area contributed by atoms with Crippen LogP contribution < -0.4 is 5.73 Å². The van der Waals surface area contributed by atoms with Crippen molar-refractivity contribution in [1.29, 1.82) is 0 Å². The summed E-state index contributed by atoms with van der Waals surface area (Å²) < 4.78 is 0. The summed E-state index contributed by atoms with van der Waals surface area (Å²) in [6.07, 6.45) is 3.47. The number of aliphatic carboxylic acids is 1. The number of aromatic nitrogens is 2. The lowest BCUT2D eigenvalue weighted by Crippen LogP contribution is -2.23. The molecule has 1 aromatic rings. The topological polar surface area (TPSA) is 89.1 Å². The Morgan fingerprint density at radius 3 is 3.14 bits per heavy atom. The van der Waals surface area contributed by atoms with E-state index in [1.807, 2.05) is 0 Å². The molecule has 74 valence electrons. The summed E-state index contributed by atoms with van der Waals surface area (Å²) in [5, 5.41) is 8.85. The van der Waals surface area contributed by atoms with Crippen LogP contribution in [0, 0.1) is 5.92 Å². The van der Waals surface area contributed by atoms with Crippen LogP contribution in [0.25, 0.3) is 0 Å². The maximum atomic E-state index is 10.8. The third kappa shape index (κ3) is 1.53. The molecule has 2 rings (SSSR count). The van der Waals surface area contributed by atoms with Gasteiger partial charge in [0.2, 0.25) is 5.95 Å². The number of carboxylic acids is 1. The number of anilines is 1. The molecule has 3 N–H and O–H groups in total. The van der Waals surface area contributed by atoms with Gasteiger partial charge in [0, 0.05) is 11.9 Å². The lowest BCUT2D eigenvalue weighted by molar-refractivity contribution is -0.142. The van der Waals surface area contributed by atoms with Crippen LogP contribution in [0.3, 0.4) is 0 Å². The van der Waals surface area contributed by atoms with Crippen LogP contribution in [0.4, 0.5) is 5.95 Å². The second-order valence-electron chi connectivity index (χ2n) is 3.48. The van der Waals surface area contributed by atoms with Gasteiger partial charge in [0.15, 0.2) is 0 Å². The van der Waals surface area contributed by atoms with E-state index in [0.717, 1.165) is 11.3 Å². The summed E-state index contributed by atoms with van der Waals surface area (Å²) in [7, 11) is 0. The van der Waals surface area contributed by atoms with Crippen LogP contribution >= 0.6 is 0 Å². The molecule has 0 aromatic carbocycles. The Morgan fingerprint density at radius 2 is 2.43 bits per heavy atom. The number of aryl methyl sites for hydroxylation is 1. The SMILES string of the molecule is Nc1ncc2c(n1)CCC(C(=O)O)C2. The summed E-state index contributed by atoms with van der Waals surface area (Å²) in [5.74, 6) is -0.778. The zero-order valence-corrected chi connectivity index (χ0v) is 7.60. The lowest BCUT2D eigenvalue weighted by Gasteiger charge is -2.19. The molecule has 0 saturated carbocycles. The molecule has 1 atom stereocenters. The van der Waals surface area contributed by atoms with Crippen molar-refractivity contribution in [2.75, 3.05) is 5.73 Å². The normalized spacial score (nSPS) is 20.1. The first kappa shape index (κ1) is 8.93. The lowest BCUT2D eigenvalue weighted by atomic mass is 9.87. The molecule has 0 saturated heterocycles. The summed E-state index contributed by atoms with van der Waals surface area (Å²) in [4.78, 5) is 18.7. The Labute approximate surface area is 81.0 Å². The number of nitrogen functional groups attached to an aromatic ring is 1. The molecule has 0 aliphatic heterocycles. The third-order valence-corrected chi connectivity index (χ3v) is 2.52. The van der Waals surface area contributed by atoms with Gasteiger partial charge in [-0.25, -0.2) is 9.97 Å². The number of hydrogen-bond acceptors (Lipinski definition) is 4. The van der Waals surface area contributed by atoms with E-state index in [0.29, 0.717) is 19.3 Å². The maximum Gasteiger partial charge on any atom is 0.306 e. The van der Waals surface area contributed by atoms with E-state index in [4.69, 9.17) is 10.8 Å². The Kier molecular flexibility index (Phi) is 2.07. The molecule has 1 aromatic heterocycles. The van der Waals surface area contributed by atoms with Gasteiger partial charge in [-0.2, -0.15) is 0 Å². The van der Waals surface area contributed by atoms with Gasteiger partial charge in [0.1, 0.15) is 0 Å². The van der Waals surface area contributed by atoms with Gasteiger partial charge in [0.25, 0.3) is 0 Å². The quantitative estimate of drug-likeness (QED) is 0.667. The van der Waals surface area contributed by atoms with Crippen LogP contribution in [0.5, 0.6) is 0 Å². The Bertz CT molecular complexity index is 378. The summed E-state index contributed by atoms with van der Waals surface area (Å²) in [6, 6.07) is 0. The number of fused-ring (bicyclic) bond motifs is 1. The molecular weight excluding hydrogens is 182 g/mol. The fourth-order valence-corrected chi connectivity index (χ4v) is 1.73. The van der Waals surface area contributed by atoms with Crippen LogP contribution in [0.15, 0.2) is 6.20 Å². The van der Waals surface area contributed by atoms with Crippen molar-refractivity contribution < 1.29 is 9.90 Å². The zero-order valence-electron chi connectivity index (χ0n) is 7.60. The number of nitrogens with two attached hydrogens (primary N) is 1. The van der Waals surface area contributed by atoms with Crippen molar-refractivity contribution in [1.82, 2.24) is 9.97 Å². The van der Waals surface area contributed by atoms with Gasteiger partial charge >= 0.3 is 5.97 Å². The monoisotopic (exact) mass is 193 g/mol. The van der Waals surface area contributed by atoms with Crippen molar-refractivity contribution >= 4 is 11.9 Å². The molecule has 1 heterocycles.